The van der Waals surface area contributed by atoms with Gasteiger partial charge in [-0.1, -0.05) is 13.8 Å². The molecule has 1 heteroatoms. The second-order valence-electron chi connectivity index (χ2n) is 4.95. The van der Waals surface area contributed by atoms with Crippen LogP contribution in [0.25, 0.3) is 0 Å². The normalized spacial score (nSPS) is 56.4. The predicted molar refractivity (Wildman–Crippen MR) is 42.6 cm³/mol. The van der Waals surface area contributed by atoms with Crippen LogP contribution in [0.1, 0.15) is 33.6 Å². The summed E-state index contributed by atoms with van der Waals surface area (Å²) in [6.07, 6.45) is 2.61. The molecule has 0 aliphatic heterocycles. The molecule has 2 saturated carbocycles. The molecule has 3 atom stereocenters. The van der Waals surface area contributed by atoms with Gasteiger partial charge in [0.05, 0.1) is 0 Å². The average Bonchev–Trinajstić information content (AvgIpc) is 2.07. The van der Waals surface area contributed by atoms with Crippen molar-refractivity contribution < 1.29 is 0 Å². The molecular formula is C9H17N. The molecule has 58 valence electrons. The van der Waals surface area contributed by atoms with Crippen molar-refractivity contribution in [3.63, 3.8) is 0 Å². The fraction of sp³-hybridized carbons (Fsp3) is 1.00. The maximum atomic E-state index is 6.14. The van der Waals surface area contributed by atoms with Crippen LogP contribution in [0.3, 0.4) is 0 Å². The van der Waals surface area contributed by atoms with E-state index in [0.29, 0.717) is 5.41 Å². The molecule has 2 fully saturated rings. The topological polar surface area (TPSA) is 26.0 Å². The predicted octanol–water partition coefficient (Wildman–Crippen LogP) is 1.77. The molecule has 0 bridgehead atoms. The van der Waals surface area contributed by atoms with Gasteiger partial charge in [-0.05, 0) is 37.0 Å². The van der Waals surface area contributed by atoms with E-state index in [9.17, 15) is 0 Å². The van der Waals surface area contributed by atoms with Crippen LogP contribution in [0.15, 0.2) is 0 Å². The Hall–Kier alpha value is -0.0400. The molecule has 0 aromatic rings. The van der Waals surface area contributed by atoms with Crippen LogP contribution < -0.4 is 5.73 Å². The summed E-state index contributed by atoms with van der Waals surface area (Å²) in [6.45, 7) is 6.92. The van der Waals surface area contributed by atoms with Gasteiger partial charge in [0, 0.05) is 5.54 Å². The molecule has 0 spiro atoms. The Morgan fingerprint density at radius 3 is 2.10 bits per heavy atom. The first kappa shape index (κ1) is 6.66. The molecule has 10 heavy (non-hydrogen) atoms. The van der Waals surface area contributed by atoms with Crippen LogP contribution >= 0.6 is 0 Å². The van der Waals surface area contributed by atoms with Gasteiger partial charge in [0.15, 0.2) is 0 Å². The van der Waals surface area contributed by atoms with Crippen molar-refractivity contribution in [2.45, 2.75) is 39.2 Å². The third kappa shape index (κ3) is 0.572. The van der Waals surface area contributed by atoms with Crippen molar-refractivity contribution in [1.82, 2.24) is 0 Å². The molecule has 0 aromatic carbocycles. The minimum atomic E-state index is 0.161. The Labute approximate surface area is 63.0 Å². The van der Waals surface area contributed by atoms with Crippen LogP contribution in [0.2, 0.25) is 0 Å². The van der Waals surface area contributed by atoms with Gasteiger partial charge in [0.2, 0.25) is 0 Å². The summed E-state index contributed by atoms with van der Waals surface area (Å²) < 4.78 is 0. The molecule has 0 aromatic heterocycles. The van der Waals surface area contributed by atoms with Gasteiger partial charge in [-0.2, -0.15) is 0 Å². The zero-order valence-corrected chi connectivity index (χ0v) is 7.15. The Morgan fingerprint density at radius 1 is 1.30 bits per heavy atom. The standard InChI is InChI=1S/C9H17N/c1-8(2)6-4-5-9(3,10)7(6)8/h6-7H,4-5,10H2,1-3H3/t6-,7+,9+/m1/s1. The first-order valence-electron chi connectivity index (χ1n) is 4.25. The number of hydrogen-bond acceptors (Lipinski definition) is 1. The van der Waals surface area contributed by atoms with Gasteiger partial charge in [-0.25, -0.2) is 0 Å². The summed E-state index contributed by atoms with van der Waals surface area (Å²) in [6, 6.07) is 0. The smallest absolute Gasteiger partial charge is 0.0162 e. The molecule has 0 unspecified atom stereocenters. The van der Waals surface area contributed by atoms with Crippen LogP contribution in [-0.4, -0.2) is 5.54 Å². The second-order valence-corrected chi connectivity index (χ2v) is 4.95. The molecule has 0 radical (unpaired) electrons. The fourth-order valence-electron chi connectivity index (χ4n) is 3.21. The lowest BCUT2D eigenvalue weighted by Crippen LogP contribution is -2.38. The summed E-state index contributed by atoms with van der Waals surface area (Å²) in [5, 5.41) is 0. The Morgan fingerprint density at radius 2 is 1.90 bits per heavy atom. The van der Waals surface area contributed by atoms with E-state index in [0.717, 1.165) is 11.8 Å². The van der Waals surface area contributed by atoms with Crippen LogP contribution in [-0.2, 0) is 0 Å². The molecule has 0 amide bonds. The third-order valence-corrected chi connectivity index (χ3v) is 3.75. The highest BCUT2D eigenvalue weighted by Gasteiger charge is 2.67. The molecule has 2 aliphatic rings. The highest BCUT2D eigenvalue weighted by molar-refractivity contribution is 5.18. The van der Waals surface area contributed by atoms with Gasteiger partial charge in [-0.15, -0.1) is 0 Å². The zero-order valence-electron chi connectivity index (χ0n) is 7.15. The van der Waals surface area contributed by atoms with E-state index < -0.39 is 0 Å². The summed E-state index contributed by atoms with van der Waals surface area (Å²) in [5.74, 6) is 1.77. The average molecular weight is 139 g/mol. The van der Waals surface area contributed by atoms with Crippen molar-refractivity contribution in [1.29, 1.82) is 0 Å². The summed E-state index contributed by atoms with van der Waals surface area (Å²) in [7, 11) is 0. The fourth-order valence-corrected chi connectivity index (χ4v) is 3.21. The zero-order chi connectivity index (χ0) is 7.57. The highest BCUT2D eigenvalue weighted by atomic mass is 14.9. The Kier molecular flexibility index (Phi) is 0.949. The first-order valence-corrected chi connectivity index (χ1v) is 4.25. The van der Waals surface area contributed by atoms with E-state index in [1.165, 1.54) is 12.8 Å². The second kappa shape index (κ2) is 1.42. The largest absolute Gasteiger partial charge is 0.325 e. The summed E-state index contributed by atoms with van der Waals surface area (Å²) >= 11 is 0. The SMILES string of the molecule is CC1(C)[C@@H]2CC[C@](C)(N)[C@@H]21. The monoisotopic (exact) mass is 139 g/mol. The van der Waals surface area contributed by atoms with Crippen molar-refractivity contribution >= 4 is 0 Å². The van der Waals surface area contributed by atoms with Crippen molar-refractivity contribution in [2.24, 2.45) is 23.0 Å². The molecular weight excluding hydrogens is 122 g/mol. The molecule has 2 N–H and O–H groups in total. The van der Waals surface area contributed by atoms with Crippen molar-refractivity contribution in [3.8, 4) is 0 Å². The summed E-state index contributed by atoms with van der Waals surface area (Å²) in [5.41, 5.74) is 6.87. The molecule has 1 nitrogen and oxygen atoms in total. The Bertz CT molecular complexity index is 170. The maximum absolute atomic E-state index is 6.14. The van der Waals surface area contributed by atoms with E-state index in [4.69, 9.17) is 5.73 Å². The third-order valence-electron chi connectivity index (χ3n) is 3.75. The van der Waals surface area contributed by atoms with Gasteiger partial charge >= 0.3 is 0 Å². The summed E-state index contributed by atoms with van der Waals surface area (Å²) in [4.78, 5) is 0. The number of nitrogens with two attached hydrogens (primary N) is 1. The first-order chi connectivity index (χ1) is 4.46. The van der Waals surface area contributed by atoms with E-state index in [1.54, 1.807) is 0 Å². The van der Waals surface area contributed by atoms with E-state index >= 15 is 0 Å². The highest BCUT2D eigenvalue weighted by Crippen LogP contribution is 2.69. The molecule has 0 heterocycles. The van der Waals surface area contributed by atoms with Crippen LogP contribution in [0, 0.1) is 17.3 Å². The number of fused-ring (bicyclic) bond motifs is 1. The van der Waals surface area contributed by atoms with E-state index in [2.05, 4.69) is 20.8 Å². The lowest BCUT2D eigenvalue weighted by atomic mass is 9.88. The molecule has 0 saturated heterocycles. The van der Waals surface area contributed by atoms with Crippen molar-refractivity contribution in [2.75, 3.05) is 0 Å². The van der Waals surface area contributed by atoms with Gasteiger partial charge in [-0.3, -0.25) is 0 Å². The molecule has 2 rings (SSSR count). The lowest BCUT2D eigenvalue weighted by Gasteiger charge is -2.24. The maximum Gasteiger partial charge on any atom is 0.0162 e. The minimum absolute atomic E-state index is 0.161. The van der Waals surface area contributed by atoms with E-state index in [-0.39, 0.29) is 5.54 Å². The van der Waals surface area contributed by atoms with E-state index in [1.807, 2.05) is 0 Å². The quantitative estimate of drug-likeness (QED) is 0.544. The van der Waals surface area contributed by atoms with Crippen molar-refractivity contribution in [3.05, 3.63) is 0 Å². The number of hydrogen-bond donors (Lipinski definition) is 1. The number of rotatable bonds is 0. The van der Waals surface area contributed by atoms with Gasteiger partial charge in [0.1, 0.15) is 0 Å². The molecule has 2 aliphatic carbocycles. The van der Waals surface area contributed by atoms with Gasteiger partial charge < -0.3 is 5.73 Å². The minimum Gasteiger partial charge on any atom is -0.325 e. The lowest BCUT2D eigenvalue weighted by molar-refractivity contribution is 0.335. The van der Waals surface area contributed by atoms with Gasteiger partial charge in [0.25, 0.3) is 0 Å². The van der Waals surface area contributed by atoms with Crippen LogP contribution in [0.5, 0.6) is 0 Å². The van der Waals surface area contributed by atoms with Crippen LogP contribution in [0.4, 0.5) is 0 Å². The Balaban J connectivity index is 2.22.